The van der Waals surface area contributed by atoms with E-state index in [2.05, 4.69) is 10.1 Å². The number of hydrogen-bond acceptors (Lipinski definition) is 3. The minimum atomic E-state index is -0.965. The highest BCUT2D eigenvalue weighted by molar-refractivity contribution is 5.85. The number of carbonyl (C=O) groups is 1. The van der Waals surface area contributed by atoms with Crippen molar-refractivity contribution in [3.8, 4) is 5.69 Å². The molecule has 0 saturated carbocycles. The van der Waals surface area contributed by atoms with Crippen LogP contribution in [-0.2, 0) is 4.79 Å². The van der Waals surface area contributed by atoms with E-state index in [1.165, 1.54) is 0 Å². The van der Waals surface area contributed by atoms with Crippen LogP contribution in [0.3, 0.4) is 0 Å². The first-order valence-corrected chi connectivity index (χ1v) is 5.48. The quantitative estimate of drug-likeness (QED) is 0.837. The molecule has 18 heavy (non-hydrogen) atoms. The second kappa shape index (κ2) is 4.83. The van der Waals surface area contributed by atoms with Crippen molar-refractivity contribution in [3.05, 3.63) is 47.6 Å². The molecule has 0 fully saturated rings. The van der Waals surface area contributed by atoms with Gasteiger partial charge < -0.3 is 5.11 Å². The zero-order chi connectivity index (χ0) is 13.1. The maximum absolute atomic E-state index is 10.5. The van der Waals surface area contributed by atoms with Gasteiger partial charge in [-0.1, -0.05) is 12.1 Å². The number of carboxylic acid groups (broad SMARTS) is 1. The number of aliphatic carboxylic acids is 1. The molecule has 0 aliphatic rings. The van der Waals surface area contributed by atoms with Crippen LogP contribution in [0.1, 0.15) is 17.2 Å². The molecule has 0 amide bonds. The van der Waals surface area contributed by atoms with Crippen molar-refractivity contribution in [2.45, 2.75) is 13.8 Å². The predicted molar refractivity (Wildman–Crippen MR) is 67.5 cm³/mol. The molecule has 1 N–H and O–H groups in total. The predicted octanol–water partition coefficient (Wildman–Crippen LogP) is 1.98. The van der Waals surface area contributed by atoms with Crippen LogP contribution in [0.5, 0.6) is 0 Å². The SMILES string of the molecule is Cc1nc(C)n(-c2cccc(C=CC(=O)O)c2)n1. The Labute approximate surface area is 104 Å². The van der Waals surface area contributed by atoms with Crippen molar-refractivity contribution in [1.29, 1.82) is 0 Å². The van der Waals surface area contributed by atoms with Crippen molar-refractivity contribution in [2.75, 3.05) is 0 Å². The molecule has 1 aromatic heterocycles. The van der Waals surface area contributed by atoms with E-state index in [4.69, 9.17) is 5.11 Å². The van der Waals surface area contributed by atoms with Gasteiger partial charge in [-0.15, -0.1) is 0 Å². The lowest BCUT2D eigenvalue weighted by Gasteiger charge is -2.03. The summed E-state index contributed by atoms with van der Waals surface area (Å²) < 4.78 is 1.73. The summed E-state index contributed by atoms with van der Waals surface area (Å²) >= 11 is 0. The summed E-state index contributed by atoms with van der Waals surface area (Å²) in [4.78, 5) is 14.7. The number of hydrogen-bond donors (Lipinski definition) is 1. The van der Waals surface area contributed by atoms with E-state index in [1.54, 1.807) is 10.8 Å². The van der Waals surface area contributed by atoms with Crippen LogP contribution in [0.2, 0.25) is 0 Å². The van der Waals surface area contributed by atoms with Crippen LogP contribution in [-0.4, -0.2) is 25.8 Å². The number of rotatable bonds is 3. The van der Waals surface area contributed by atoms with E-state index in [1.807, 2.05) is 38.1 Å². The number of aryl methyl sites for hydroxylation is 2. The summed E-state index contributed by atoms with van der Waals surface area (Å²) in [5, 5.41) is 12.9. The van der Waals surface area contributed by atoms with Gasteiger partial charge in [-0.2, -0.15) is 5.10 Å². The Balaban J connectivity index is 2.38. The molecule has 2 aromatic rings. The third kappa shape index (κ3) is 2.63. The molecule has 0 unspecified atom stereocenters. The van der Waals surface area contributed by atoms with Gasteiger partial charge in [-0.25, -0.2) is 14.5 Å². The number of nitrogens with zero attached hydrogens (tertiary/aromatic N) is 3. The topological polar surface area (TPSA) is 68.0 Å². The third-order valence-corrected chi connectivity index (χ3v) is 2.41. The monoisotopic (exact) mass is 243 g/mol. The Morgan fingerprint density at radius 1 is 1.39 bits per heavy atom. The fraction of sp³-hybridized carbons (Fsp3) is 0.154. The van der Waals surface area contributed by atoms with Gasteiger partial charge in [0.05, 0.1) is 5.69 Å². The summed E-state index contributed by atoms with van der Waals surface area (Å²) in [6.07, 6.45) is 2.66. The molecular weight excluding hydrogens is 230 g/mol. The summed E-state index contributed by atoms with van der Waals surface area (Å²) in [5.41, 5.74) is 1.67. The Hall–Kier alpha value is -2.43. The molecule has 1 aromatic carbocycles. The van der Waals surface area contributed by atoms with Crippen molar-refractivity contribution < 1.29 is 9.90 Å². The molecule has 0 aliphatic heterocycles. The molecule has 0 atom stereocenters. The van der Waals surface area contributed by atoms with Crippen LogP contribution >= 0.6 is 0 Å². The first kappa shape index (κ1) is 12.0. The molecule has 2 rings (SSSR count). The first-order valence-electron chi connectivity index (χ1n) is 5.48. The number of carboxylic acids is 1. The second-order valence-corrected chi connectivity index (χ2v) is 3.88. The molecule has 5 heteroatoms. The molecule has 1 heterocycles. The van der Waals surface area contributed by atoms with Crippen LogP contribution < -0.4 is 0 Å². The molecule has 0 spiro atoms. The van der Waals surface area contributed by atoms with Gasteiger partial charge in [-0.3, -0.25) is 0 Å². The highest BCUT2D eigenvalue weighted by Crippen LogP contribution is 2.13. The van der Waals surface area contributed by atoms with Gasteiger partial charge in [0, 0.05) is 6.08 Å². The van der Waals surface area contributed by atoms with Gasteiger partial charge >= 0.3 is 5.97 Å². The highest BCUT2D eigenvalue weighted by atomic mass is 16.4. The molecule has 92 valence electrons. The van der Waals surface area contributed by atoms with E-state index in [0.29, 0.717) is 5.82 Å². The van der Waals surface area contributed by atoms with Gasteiger partial charge in [0.25, 0.3) is 0 Å². The smallest absolute Gasteiger partial charge is 0.328 e. The summed E-state index contributed by atoms with van der Waals surface area (Å²) in [5.74, 6) is 0.541. The molecule has 0 saturated heterocycles. The summed E-state index contributed by atoms with van der Waals surface area (Å²) in [6, 6.07) is 7.45. The van der Waals surface area contributed by atoms with Crippen LogP contribution in [0.25, 0.3) is 11.8 Å². The maximum atomic E-state index is 10.5. The zero-order valence-electron chi connectivity index (χ0n) is 10.2. The Bertz CT molecular complexity index is 614. The van der Waals surface area contributed by atoms with Crippen molar-refractivity contribution in [3.63, 3.8) is 0 Å². The van der Waals surface area contributed by atoms with Gasteiger partial charge in [0.15, 0.2) is 0 Å². The maximum Gasteiger partial charge on any atom is 0.328 e. The fourth-order valence-corrected chi connectivity index (χ4v) is 1.69. The van der Waals surface area contributed by atoms with Crippen LogP contribution in [0, 0.1) is 13.8 Å². The van der Waals surface area contributed by atoms with Crippen molar-refractivity contribution in [1.82, 2.24) is 14.8 Å². The first-order chi connectivity index (χ1) is 8.56. The highest BCUT2D eigenvalue weighted by Gasteiger charge is 2.04. The van der Waals surface area contributed by atoms with Gasteiger partial charge in [0.2, 0.25) is 0 Å². The van der Waals surface area contributed by atoms with E-state index in [-0.39, 0.29) is 0 Å². The van der Waals surface area contributed by atoms with Gasteiger partial charge in [0.1, 0.15) is 11.6 Å². The molecule has 0 radical (unpaired) electrons. The largest absolute Gasteiger partial charge is 0.478 e. The lowest BCUT2D eigenvalue weighted by molar-refractivity contribution is -0.131. The Kier molecular flexibility index (Phi) is 3.23. The molecular formula is C13H13N3O2. The molecule has 0 aliphatic carbocycles. The zero-order valence-corrected chi connectivity index (χ0v) is 10.2. The fourth-order valence-electron chi connectivity index (χ4n) is 1.69. The van der Waals surface area contributed by atoms with Crippen molar-refractivity contribution in [2.24, 2.45) is 0 Å². The van der Waals surface area contributed by atoms with Crippen molar-refractivity contribution >= 4 is 12.0 Å². The molecule has 5 nitrogen and oxygen atoms in total. The van der Waals surface area contributed by atoms with E-state index in [0.717, 1.165) is 23.2 Å². The average Bonchev–Trinajstić information content (AvgIpc) is 2.66. The van der Waals surface area contributed by atoms with E-state index < -0.39 is 5.97 Å². The van der Waals surface area contributed by atoms with Gasteiger partial charge in [-0.05, 0) is 37.6 Å². The number of aromatic nitrogens is 3. The van der Waals surface area contributed by atoms with Crippen LogP contribution in [0.4, 0.5) is 0 Å². The summed E-state index contributed by atoms with van der Waals surface area (Å²) in [6.45, 7) is 3.71. The van der Waals surface area contributed by atoms with Crippen LogP contribution in [0.15, 0.2) is 30.3 Å². The number of benzene rings is 1. The van der Waals surface area contributed by atoms with E-state index in [9.17, 15) is 4.79 Å². The lowest BCUT2D eigenvalue weighted by atomic mass is 10.2. The Morgan fingerprint density at radius 3 is 2.78 bits per heavy atom. The average molecular weight is 243 g/mol. The second-order valence-electron chi connectivity index (χ2n) is 3.88. The standard InChI is InChI=1S/C13H13N3O2/c1-9-14-10(2)16(15-9)12-5-3-4-11(8-12)6-7-13(17)18/h3-8H,1-2H3,(H,17,18). The minimum absolute atomic E-state index is 0.707. The third-order valence-electron chi connectivity index (χ3n) is 2.41. The van der Waals surface area contributed by atoms with E-state index >= 15 is 0 Å². The minimum Gasteiger partial charge on any atom is -0.478 e. The normalized spacial score (nSPS) is 11.0. The lowest BCUT2D eigenvalue weighted by Crippen LogP contribution is -1.99. The summed E-state index contributed by atoms with van der Waals surface area (Å²) in [7, 11) is 0. The Morgan fingerprint density at radius 2 is 2.17 bits per heavy atom. The molecule has 0 bridgehead atoms.